The predicted molar refractivity (Wildman–Crippen MR) is 296 cm³/mol. The Morgan fingerprint density at radius 2 is 0.701 bits per heavy atom. The van der Waals surface area contributed by atoms with E-state index in [4.69, 9.17) is 4.98 Å². The molecule has 0 spiro atoms. The van der Waals surface area contributed by atoms with Crippen molar-refractivity contribution < 1.29 is 37.7 Å². The molecule has 0 atom stereocenters. The van der Waals surface area contributed by atoms with E-state index in [0.29, 0.717) is 11.4 Å². The van der Waals surface area contributed by atoms with Crippen LogP contribution in [0, 0.1) is 41.5 Å². The number of benzene rings is 9. The summed E-state index contributed by atoms with van der Waals surface area (Å²) in [5.74, 6) is -2.91. The summed E-state index contributed by atoms with van der Waals surface area (Å²) < 4.78 is 57.5. The van der Waals surface area contributed by atoms with Gasteiger partial charge in [0.15, 0.2) is 0 Å². The quantitative estimate of drug-likeness (QED) is 0.0957. The summed E-state index contributed by atoms with van der Waals surface area (Å²) in [5, 5.41) is 0. The van der Waals surface area contributed by atoms with Gasteiger partial charge < -0.3 is 15.0 Å². The summed E-state index contributed by atoms with van der Waals surface area (Å²) in [6.45, 7) is 0. The monoisotopic (exact) mass is 1180 g/mol. The zero-order chi connectivity index (χ0) is 51.5. The molecule has 12 aromatic rings. The number of hydrogen-bond donors (Lipinski definition) is 0. The number of aromatic nitrogens is 3. The van der Waals surface area contributed by atoms with Crippen LogP contribution in [0.15, 0.2) is 243 Å². The largest absolute Gasteiger partial charge is 3.00 e. The van der Waals surface area contributed by atoms with Crippen LogP contribution in [-0.2, 0) is 20.1 Å². The van der Waals surface area contributed by atoms with Crippen LogP contribution in [0.3, 0.4) is 0 Å². The fraction of sp³-hybridized carbons (Fsp3) is 0. The predicted octanol–water partition coefficient (Wildman–Crippen LogP) is 18.2. The molecular weight excluding hydrogens is 1140 g/mol. The maximum absolute atomic E-state index is 14.9. The number of halogens is 4. The van der Waals surface area contributed by atoms with Gasteiger partial charge in [0.25, 0.3) is 0 Å². The smallest absolute Gasteiger partial charge is 0.304 e. The van der Waals surface area contributed by atoms with Crippen molar-refractivity contribution in [3.63, 3.8) is 0 Å². The van der Waals surface area contributed by atoms with Crippen molar-refractivity contribution >= 4 is 0 Å². The van der Waals surface area contributed by atoms with Gasteiger partial charge in [0.2, 0.25) is 0 Å². The molecule has 0 N–H and O–H groups in total. The Balaban J connectivity index is 0.00000631. The molecule has 8 heteroatoms. The molecule has 12 rings (SSSR count). The van der Waals surface area contributed by atoms with E-state index in [1.165, 1.54) is 0 Å². The Bertz CT molecular complexity index is 3920. The van der Waals surface area contributed by atoms with Crippen LogP contribution in [-0.4, -0.2) is 15.0 Å². The van der Waals surface area contributed by atoms with Crippen LogP contribution in [0.4, 0.5) is 17.6 Å². The number of nitrogens with zero attached hydrogens (tertiary/aromatic N) is 3. The zero-order valence-electron chi connectivity index (χ0n) is 40.8. The maximum Gasteiger partial charge on any atom is 3.00 e. The van der Waals surface area contributed by atoms with Gasteiger partial charge in [-0.2, -0.15) is 0 Å². The van der Waals surface area contributed by atoms with Crippen LogP contribution in [0.5, 0.6) is 0 Å². The minimum absolute atomic E-state index is 0. The molecule has 0 unspecified atom stereocenters. The number of pyridine rings is 3. The molecule has 9 aromatic carbocycles. The van der Waals surface area contributed by atoms with Crippen molar-refractivity contribution in [2.24, 2.45) is 0 Å². The Morgan fingerprint density at radius 1 is 0.286 bits per heavy atom. The third kappa shape index (κ3) is 10.3. The average Bonchev–Trinajstić information content (AvgIpc) is 3.49. The summed E-state index contributed by atoms with van der Waals surface area (Å²) >= 11 is 0. The summed E-state index contributed by atoms with van der Waals surface area (Å²) in [6.07, 6.45) is 5.36. The summed E-state index contributed by atoms with van der Waals surface area (Å²) in [6, 6.07) is 79.9. The van der Waals surface area contributed by atoms with Gasteiger partial charge in [0, 0.05) is 47.4 Å². The molecule has 0 aliphatic heterocycles. The number of rotatable bonds is 11. The Hall–Kier alpha value is -9.20. The van der Waals surface area contributed by atoms with Crippen LogP contribution in [0.25, 0.3) is 123 Å². The van der Waals surface area contributed by atoms with E-state index in [1.54, 1.807) is 24.5 Å². The normalized spacial score (nSPS) is 11.0. The minimum Gasteiger partial charge on any atom is -0.304 e. The Kier molecular flexibility index (Phi) is 14.2. The topological polar surface area (TPSA) is 38.7 Å². The molecular formula is C69H40F4IrN3. The van der Waals surface area contributed by atoms with Crippen LogP contribution in [0.2, 0.25) is 0 Å². The van der Waals surface area contributed by atoms with E-state index in [0.717, 1.165) is 125 Å². The standard InChI is InChI=1S/C69H40F4N3.Ir/c70-53-29-31-61(65(72)38-53)67-33-27-48(41-74-67)55-17-7-9-19-57(55)50-35-51(58-20-10-8-18-56(58)49-28-34-68(75-42-49)62-32-30-54(71)39-66(62)73)37-52(36-50)59-21-11-12-22-60(59)64-43-76-69(47-15-5-2-6-16-47)40-63(64)46-25-23-45(24-26-46)44-13-3-1-4-14-44;/h1-15,17-30,33-43H;/q-3;+3. The molecule has 0 fully saturated rings. The van der Waals surface area contributed by atoms with Gasteiger partial charge in [-0.15, -0.1) is 60.2 Å². The summed E-state index contributed by atoms with van der Waals surface area (Å²) in [7, 11) is 0. The third-order valence-electron chi connectivity index (χ3n) is 13.5. The van der Waals surface area contributed by atoms with Crippen LogP contribution < -0.4 is 0 Å². The van der Waals surface area contributed by atoms with Crippen molar-refractivity contribution in [3.8, 4) is 123 Å². The molecule has 368 valence electrons. The van der Waals surface area contributed by atoms with Crippen molar-refractivity contribution in [1.82, 2.24) is 15.0 Å². The fourth-order valence-corrected chi connectivity index (χ4v) is 9.80. The molecule has 0 aliphatic rings. The molecule has 0 amide bonds. The van der Waals surface area contributed by atoms with E-state index in [2.05, 4.69) is 113 Å². The van der Waals surface area contributed by atoms with Gasteiger partial charge in [-0.1, -0.05) is 181 Å². The first-order chi connectivity index (χ1) is 37.3. The molecule has 0 bridgehead atoms. The second-order valence-electron chi connectivity index (χ2n) is 18.2. The van der Waals surface area contributed by atoms with Gasteiger partial charge in [-0.05, 0) is 119 Å². The zero-order valence-corrected chi connectivity index (χ0v) is 43.2. The number of hydrogen-bond acceptors (Lipinski definition) is 3. The molecule has 0 saturated carbocycles. The van der Waals surface area contributed by atoms with Gasteiger partial charge in [0.05, 0.1) is 0 Å². The SMILES string of the molecule is Fc1c[c-]c(-c2ccc(-c3ccccc3-c3cc(-c4ccccc4-c4ccc(-c5[c-]cc(F)cc5F)nc4)cc(-c4ccccc4-c4cnc(-c5[c-]cccc5)cc4-c4ccc(-c5ccccc5)cc4)c3)cn2)c(F)c1.[Ir+3]. The van der Waals surface area contributed by atoms with E-state index < -0.39 is 23.3 Å². The Morgan fingerprint density at radius 3 is 1.17 bits per heavy atom. The second-order valence-corrected chi connectivity index (χ2v) is 18.2. The minimum atomic E-state index is -0.743. The summed E-state index contributed by atoms with van der Waals surface area (Å²) in [4.78, 5) is 14.4. The van der Waals surface area contributed by atoms with E-state index in [1.807, 2.05) is 109 Å². The van der Waals surface area contributed by atoms with E-state index in [9.17, 15) is 17.6 Å². The first kappa shape index (κ1) is 50.0. The summed E-state index contributed by atoms with van der Waals surface area (Å²) in [5.41, 5.74) is 17.6. The van der Waals surface area contributed by atoms with Crippen LogP contribution >= 0.6 is 0 Å². The Labute approximate surface area is 457 Å². The van der Waals surface area contributed by atoms with Gasteiger partial charge in [-0.25, -0.2) is 0 Å². The molecule has 3 nitrogen and oxygen atoms in total. The molecule has 0 aliphatic carbocycles. The molecule has 0 radical (unpaired) electrons. The maximum atomic E-state index is 14.9. The molecule has 3 aromatic heterocycles. The van der Waals surface area contributed by atoms with Crippen molar-refractivity contribution in [2.45, 2.75) is 0 Å². The average molecular weight is 1180 g/mol. The van der Waals surface area contributed by atoms with Gasteiger partial charge in [0.1, 0.15) is 0 Å². The second kappa shape index (κ2) is 21.9. The first-order valence-corrected chi connectivity index (χ1v) is 24.5. The van der Waals surface area contributed by atoms with Gasteiger partial charge in [-0.3, -0.25) is 17.6 Å². The first-order valence-electron chi connectivity index (χ1n) is 24.5. The van der Waals surface area contributed by atoms with Crippen LogP contribution in [0.1, 0.15) is 0 Å². The molecule has 0 saturated heterocycles. The fourth-order valence-electron chi connectivity index (χ4n) is 9.80. The van der Waals surface area contributed by atoms with Gasteiger partial charge >= 0.3 is 20.1 Å². The van der Waals surface area contributed by atoms with Crippen molar-refractivity contribution in [2.75, 3.05) is 0 Å². The third-order valence-corrected chi connectivity index (χ3v) is 13.5. The molecule has 3 heterocycles. The van der Waals surface area contributed by atoms with E-state index in [-0.39, 0.29) is 31.2 Å². The van der Waals surface area contributed by atoms with E-state index >= 15 is 0 Å². The van der Waals surface area contributed by atoms with Crippen molar-refractivity contribution in [3.05, 3.63) is 285 Å². The van der Waals surface area contributed by atoms with Crippen molar-refractivity contribution in [1.29, 1.82) is 0 Å². The molecule has 77 heavy (non-hydrogen) atoms.